The SMILES string of the molecule is CCCNC(=O)c1c2ncnc(N)c2cn1Cc1ccc2c(c1Cl)OCO2. The van der Waals surface area contributed by atoms with Crippen LogP contribution in [0.15, 0.2) is 24.7 Å². The molecular formula is C18H18ClN5O3. The van der Waals surface area contributed by atoms with Crippen LogP contribution in [-0.4, -0.2) is 33.8 Å². The molecule has 0 radical (unpaired) electrons. The van der Waals surface area contributed by atoms with E-state index in [1.54, 1.807) is 16.8 Å². The number of benzene rings is 1. The summed E-state index contributed by atoms with van der Waals surface area (Å²) in [6.45, 7) is 3.05. The van der Waals surface area contributed by atoms with Crippen LogP contribution in [0, 0.1) is 0 Å². The van der Waals surface area contributed by atoms with Crippen LogP contribution in [0.3, 0.4) is 0 Å². The Hall–Kier alpha value is -3.00. The number of anilines is 1. The molecule has 0 aliphatic carbocycles. The Morgan fingerprint density at radius 3 is 3.04 bits per heavy atom. The molecule has 0 unspecified atom stereocenters. The Bertz CT molecular complexity index is 1030. The van der Waals surface area contributed by atoms with Crippen LogP contribution < -0.4 is 20.5 Å². The summed E-state index contributed by atoms with van der Waals surface area (Å²) >= 11 is 6.48. The van der Waals surface area contributed by atoms with E-state index in [0.717, 1.165) is 12.0 Å². The van der Waals surface area contributed by atoms with Crippen LogP contribution >= 0.6 is 11.6 Å². The Balaban J connectivity index is 1.79. The monoisotopic (exact) mass is 387 g/mol. The zero-order chi connectivity index (χ0) is 19.0. The standard InChI is InChI=1S/C18H18ClN5O3/c1-2-5-21-18(25)15-14-11(17(20)23-8-22-14)7-24(15)6-10-3-4-12-16(13(10)19)27-9-26-12/h3-4,7-8H,2,5-6,9H2,1H3,(H,21,25)(H2,20,22,23). The highest BCUT2D eigenvalue weighted by Crippen LogP contribution is 2.41. The molecule has 0 fully saturated rings. The van der Waals surface area contributed by atoms with E-state index in [1.807, 2.05) is 13.0 Å². The average molecular weight is 388 g/mol. The molecule has 8 nitrogen and oxygen atoms in total. The highest BCUT2D eigenvalue weighted by atomic mass is 35.5. The van der Waals surface area contributed by atoms with E-state index in [2.05, 4.69) is 15.3 Å². The van der Waals surface area contributed by atoms with Gasteiger partial charge in [0.05, 0.1) is 10.4 Å². The highest BCUT2D eigenvalue weighted by molar-refractivity contribution is 6.33. The van der Waals surface area contributed by atoms with Gasteiger partial charge in [0.1, 0.15) is 23.4 Å². The summed E-state index contributed by atoms with van der Waals surface area (Å²) in [4.78, 5) is 21.0. The number of hydrogen-bond donors (Lipinski definition) is 2. The van der Waals surface area contributed by atoms with Crippen molar-refractivity contribution < 1.29 is 14.3 Å². The van der Waals surface area contributed by atoms with Gasteiger partial charge in [-0.05, 0) is 18.1 Å². The van der Waals surface area contributed by atoms with Crippen molar-refractivity contribution in [3.05, 3.63) is 40.9 Å². The summed E-state index contributed by atoms with van der Waals surface area (Å²) < 4.78 is 12.6. The third-order valence-electron chi connectivity index (χ3n) is 4.36. The summed E-state index contributed by atoms with van der Waals surface area (Å²) in [5.41, 5.74) is 7.69. The summed E-state index contributed by atoms with van der Waals surface area (Å²) in [5, 5.41) is 3.97. The lowest BCUT2D eigenvalue weighted by Crippen LogP contribution is -2.27. The maximum absolute atomic E-state index is 12.8. The fourth-order valence-corrected chi connectivity index (χ4v) is 3.32. The highest BCUT2D eigenvalue weighted by Gasteiger charge is 2.23. The van der Waals surface area contributed by atoms with E-state index in [9.17, 15) is 4.79 Å². The molecule has 0 saturated carbocycles. The first kappa shape index (κ1) is 17.4. The van der Waals surface area contributed by atoms with Crippen molar-refractivity contribution in [3.8, 4) is 11.5 Å². The second kappa shape index (κ2) is 6.96. The lowest BCUT2D eigenvalue weighted by Gasteiger charge is -2.12. The van der Waals surface area contributed by atoms with Gasteiger partial charge in [-0.15, -0.1) is 0 Å². The van der Waals surface area contributed by atoms with Gasteiger partial charge in [0, 0.05) is 19.3 Å². The molecule has 1 aliphatic rings. The molecule has 0 spiro atoms. The summed E-state index contributed by atoms with van der Waals surface area (Å²) in [5.74, 6) is 1.22. The van der Waals surface area contributed by atoms with E-state index in [0.29, 0.717) is 52.0 Å². The Morgan fingerprint density at radius 1 is 1.37 bits per heavy atom. The minimum Gasteiger partial charge on any atom is -0.454 e. The molecule has 27 heavy (non-hydrogen) atoms. The predicted octanol–water partition coefficient (Wildman–Crippen LogP) is 2.58. The van der Waals surface area contributed by atoms with Crippen LogP contribution in [0.25, 0.3) is 10.9 Å². The summed E-state index contributed by atoms with van der Waals surface area (Å²) in [7, 11) is 0. The molecule has 9 heteroatoms. The Labute approximate surface area is 160 Å². The van der Waals surface area contributed by atoms with E-state index in [4.69, 9.17) is 26.8 Å². The number of nitrogen functional groups attached to an aromatic ring is 1. The molecule has 3 N–H and O–H groups in total. The summed E-state index contributed by atoms with van der Waals surface area (Å²) in [6, 6.07) is 3.65. The number of carbonyl (C=O) groups is 1. The van der Waals surface area contributed by atoms with Crippen LogP contribution in [0.2, 0.25) is 5.02 Å². The van der Waals surface area contributed by atoms with Gasteiger partial charge in [-0.1, -0.05) is 24.6 Å². The predicted molar refractivity (Wildman–Crippen MR) is 101 cm³/mol. The lowest BCUT2D eigenvalue weighted by atomic mass is 10.2. The lowest BCUT2D eigenvalue weighted by molar-refractivity contribution is 0.0946. The zero-order valence-electron chi connectivity index (χ0n) is 14.7. The van der Waals surface area contributed by atoms with Crippen molar-refractivity contribution in [2.45, 2.75) is 19.9 Å². The number of amides is 1. The molecule has 3 aromatic rings. The molecule has 1 amide bonds. The number of ether oxygens (including phenoxy) is 2. The van der Waals surface area contributed by atoms with Crippen molar-refractivity contribution in [2.75, 3.05) is 19.1 Å². The normalized spacial score (nSPS) is 12.5. The van der Waals surface area contributed by atoms with Gasteiger partial charge < -0.3 is 25.1 Å². The molecule has 140 valence electrons. The third kappa shape index (κ3) is 3.02. The summed E-state index contributed by atoms with van der Waals surface area (Å²) in [6.07, 6.45) is 3.95. The Kier molecular flexibility index (Phi) is 4.49. The molecule has 0 atom stereocenters. The smallest absolute Gasteiger partial charge is 0.270 e. The van der Waals surface area contributed by atoms with Crippen molar-refractivity contribution in [3.63, 3.8) is 0 Å². The quantitative estimate of drug-likeness (QED) is 0.697. The van der Waals surface area contributed by atoms with Crippen molar-refractivity contribution in [1.82, 2.24) is 19.9 Å². The number of carbonyl (C=O) groups excluding carboxylic acids is 1. The van der Waals surface area contributed by atoms with Crippen molar-refractivity contribution in [2.24, 2.45) is 0 Å². The number of hydrogen-bond acceptors (Lipinski definition) is 6. The first-order valence-electron chi connectivity index (χ1n) is 8.54. The van der Waals surface area contributed by atoms with Crippen LogP contribution in [0.4, 0.5) is 5.82 Å². The first-order valence-corrected chi connectivity index (χ1v) is 8.92. The minimum atomic E-state index is -0.221. The van der Waals surface area contributed by atoms with E-state index in [-0.39, 0.29) is 12.7 Å². The molecule has 1 aromatic carbocycles. The van der Waals surface area contributed by atoms with Crippen LogP contribution in [0.1, 0.15) is 29.4 Å². The average Bonchev–Trinajstić information content (AvgIpc) is 3.27. The van der Waals surface area contributed by atoms with Crippen LogP contribution in [-0.2, 0) is 6.54 Å². The molecule has 0 bridgehead atoms. The van der Waals surface area contributed by atoms with Gasteiger partial charge in [-0.25, -0.2) is 9.97 Å². The van der Waals surface area contributed by atoms with Gasteiger partial charge in [0.15, 0.2) is 11.5 Å². The Morgan fingerprint density at radius 2 is 2.22 bits per heavy atom. The van der Waals surface area contributed by atoms with E-state index < -0.39 is 0 Å². The van der Waals surface area contributed by atoms with Crippen LogP contribution in [0.5, 0.6) is 11.5 Å². The van der Waals surface area contributed by atoms with E-state index >= 15 is 0 Å². The second-order valence-electron chi connectivity index (χ2n) is 6.16. The van der Waals surface area contributed by atoms with Gasteiger partial charge in [0.25, 0.3) is 5.91 Å². The number of aromatic nitrogens is 3. The minimum absolute atomic E-state index is 0.142. The number of fused-ring (bicyclic) bond motifs is 2. The first-order chi connectivity index (χ1) is 13.1. The largest absolute Gasteiger partial charge is 0.454 e. The van der Waals surface area contributed by atoms with E-state index in [1.165, 1.54) is 6.33 Å². The zero-order valence-corrected chi connectivity index (χ0v) is 15.4. The topological polar surface area (TPSA) is 104 Å². The van der Waals surface area contributed by atoms with Crippen molar-refractivity contribution >= 4 is 34.2 Å². The van der Waals surface area contributed by atoms with Gasteiger partial charge in [-0.2, -0.15) is 0 Å². The molecule has 0 saturated heterocycles. The fraction of sp³-hybridized carbons (Fsp3) is 0.278. The van der Waals surface area contributed by atoms with Gasteiger partial charge in [0.2, 0.25) is 6.79 Å². The molecule has 3 heterocycles. The fourth-order valence-electron chi connectivity index (χ4n) is 3.05. The number of nitrogens with zero attached hydrogens (tertiary/aromatic N) is 3. The molecular weight excluding hydrogens is 370 g/mol. The maximum Gasteiger partial charge on any atom is 0.270 e. The maximum atomic E-state index is 12.8. The van der Waals surface area contributed by atoms with Gasteiger partial charge in [-0.3, -0.25) is 4.79 Å². The number of nitrogens with one attached hydrogen (secondary N) is 1. The van der Waals surface area contributed by atoms with Gasteiger partial charge >= 0.3 is 0 Å². The molecule has 4 rings (SSSR count). The second-order valence-corrected chi connectivity index (χ2v) is 6.53. The number of halogens is 1. The molecule has 1 aliphatic heterocycles. The third-order valence-corrected chi connectivity index (χ3v) is 4.78. The number of rotatable bonds is 5. The molecule has 2 aromatic heterocycles. The van der Waals surface area contributed by atoms with Crippen molar-refractivity contribution in [1.29, 1.82) is 0 Å². The number of nitrogens with two attached hydrogens (primary N) is 1.